The Hall–Kier alpha value is -1.13. The molecular weight excluding hydrogens is 332 g/mol. The van der Waals surface area contributed by atoms with E-state index in [0.29, 0.717) is 4.90 Å². The molecule has 0 fully saturated rings. The van der Waals surface area contributed by atoms with Crippen LogP contribution in [0, 0.1) is 0 Å². The Bertz CT molecular complexity index is 653. The van der Waals surface area contributed by atoms with Crippen LogP contribution in [-0.4, -0.2) is 22.2 Å². The first kappa shape index (κ1) is 20.9. The molecule has 0 saturated heterocycles. The minimum Gasteiger partial charge on any atom is -0.223 e. The van der Waals surface area contributed by atoms with E-state index in [1.807, 2.05) is 12.1 Å². The van der Waals surface area contributed by atoms with Crippen molar-refractivity contribution in [2.75, 3.05) is 5.75 Å². The van der Waals surface area contributed by atoms with Crippen LogP contribution in [0.5, 0.6) is 0 Å². The molecule has 1 rings (SSSR count). The van der Waals surface area contributed by atoms with Crippen molar-refractivity contribution in [1.29, 1.82) is 0 Å². The first-order chi connectivity index (χ1) is 11.2. The Balaban J connectivity index is 2.89. The summed E-state index contributed by atoms with van der Waals surface area (Å²) in [5.74, 6) is 0.0601. The fourth-order valence-electron chi connectivity index (χ4n) is 2.80. The van der Waals surface area contributed by atoms with Crippen LogP contribution in [0.3, 0.4) is 0 Å². The van der Waals surface area contributed by atoms with Gasteiger partial charge in [-0.1, -0.05) is 87.5 Å². The molecular formula is C20H32O2SSi. The molecule has 0 aromatic heterocycles. The van der Waals surface area contributed by atoms with Gasteiger partial charge in [-0.3, -0.25) is 0 Å². The van der Waals surface area contributed by atoms with Crippen molar-refractivity contribution in [2.24, 2.45) is 0 Å². The maximum atomic E-state index is 12.5. The van der Waals surface area contributed by atoms with Gasteiger partial charge in [0.25, 0.3) is 0 Å². The van der Waals surface area contributed by atoms with Gasteiger partial charge in [0.2, 0.25) is 0 Å². The standard InChI is InChI=1S/C20H32O2SSi/c1-6-7-8-10-13-18(2)20(24(3,4)5)16-17-23(21,22)19-14-11-9-12-15-19/h9,11-12,14-16H,2,6-8,10,13,17H2,1,3-5H3/b20-16-. The fraction of sp³-hybridized carbons (Fsp3) is 0.500. The van der Waals surface area contributed by atoms with Crippen LogP contribution in [0.15, 0.2) is 58.7 Å². The Morgan fingerprint density at radius 1 is 1.08 bits per heavy atom. The highest BCUT2D eigenvalue weighted by molar-refractivity contribution is 7.91. The number of hydrogen-bond acceptors (Lipinski definition) is 2. The molecule has 0 aliphatic heterocycles. The normalized spacial score (nSPS) is 13.1. The summed E-state index contributed by atoms with van der Waals surface area (Å²) in [4.78, 5) is 0.393. The summed E-state index contributed by atoms with van der Waals surface area (Å²) in [5, 5.41) is 1.21. The predicted octanol–water partition coefficient (Wildman–Crippen LogP) is 5.79. The third-order valence-corrected chi connectivity index (χ3v) is 7.90. The lowest BCUT2D eigenvalue weighted by Gasteiger charge is -2.23. The summed E-state index contributed by atoms with van der Waals surface area (Å²) >= 11 is 0. The molecule has 1 aromatic rings. The first-order valence-corrected chi connectivity index (χ1v) is 14.0. The highest BCUT2D eigenvalue weighted by Gasteiger charge is 2.23. The van der Waals surface area contributed by atoms with E-state index in [-0.39, 0.29) is 5.75 Å². The second-order valence-corrected chi connectivity index (χ2v) is 14.4. The van der Waals surface area contributed by atoms with Crippen molar-refractivity contribution < 1.29 is 8.42 Å². The van der Waals surface area contributed by atoms with E-state index in [9.17, 15) is 8.42 Å². The van der Waals surface area contributed by atoms with Gasteiger partial charge in [-0.05, 0) is 25.0 Å². The van der Waals surface area contributed by atoms with Crippen LogP contribution in [0.1, 0.15) is 39.0 Å². The van der Waals surface area contributed by atoms with Gasteiger partial charge in [-0.15, -0.1) is 0 Å². The van der Waals surface area contributed by atoms with Crippen LogP contribution < -0.4 is 0 Å². The Morgan fingerprint density at radius 2 is 1.71 bits per heavy atom. The van der Waals surface area contributed by atoms with Crippen molar-refractivity contribution in [3.63, 3.8) is 0 Å². The molecule has 4 heteroatoms. The summed E-state index contributed by atoms with van der Waals surface area (Å²) in [6.45, 7) is 13.2. The highest BCUT2D eigenvalue weighted by atomic mass is 32.2. The van der Waals surface area contributed by atoms with Gasteiger partial charge in [0.05, 0.1) is 18.7 Å². The minimum atomic E-state index is -3.27. The van der Waals surface area contributed by atoms with E-state index in [2.05, 4.69) is 33.1 Å². The number of rotatable bonds is 10. The molecule has 0 bridgehead atoms. The summed E-state index contributed by atoms with van der Waals surface area (Å²) in [5.41, 5.74) is 1.13. The Morgan fingerprint density at radius 3 is 2.25 bits per heavy atom. The molecule has 0 radical (unpaired) electrons. The lowest BCUT2D eigenvalue weighted by molar-refractivity contribution is 0.599. The number of sulfone groups is 1. The van der Waals surface area contributed by atoms with Crippen LogP contribution in [0.25, 0.3) is 0 Å². The quantitative estimate of drug-likeness (QED) is 0.299. The second-order valence-electron chi connectivity index (χ2n) is 7.38. The topological polar surface area (TPSA) is 34.1 Å². The van der Waals surface area contributed by atoms with Gasteiger partial charge in [-0.25, -0.2) is 8.42 Å². The average molecular weight is 365 g/mol. The SMILES string of the molecule is C=C(CCCCCC)/C(=C/CS(=O)(=O)c1ccccc1)[Si](C)(C)C. The molecule has 2 nitrogen and oxygen atoms in total. The summed E-state index contributed by atoms with van der Waals surface area (Å²) < 4.78 is 25.1. The molecule has 0 saturated carbocycles. The zero-order valence-electron chi connectivity index (χ0n) is 15.6. The monoisotopic (exact) mass is 364 g/mol. The van der Waals surface area contributed by atoms with Crippen molar-refractivity contribution in [1.82, 2.24) is 0 Å². The highest BCUT2D eigenvalue weighted by Crippen LogP contribution is 2.26. The van der Waals surface area contributed by atoms with Crippen molar-refractivity contribution in [2.45, 2.75) is 63.6 Å². The minimum absolute atomic E-state index is 0.0601. The lowest BCUT2D eigenvalue weighted by atomic mass is 10.1. The summed E-state index contributed by atoms with van der Waals surface area (Å²) in [6, 6.07) is 8.69. The molecule has 0 aliphatic carbocycles. The zero-order valence-corrected chi connectivity index (χ0v) is 17.5. The largest absolute Gasteiger partial charge is 0.223 e. The van der Waals surface area contributed by atoms with Gasteiger partial charge >= 0.3 is 0 Å². The Labute approximate surface area is 149 Å². The molecule has 0 atom stereocenters. The van der Waals surface area contributed by atoms with E-state index in [1.165, 1.54) is 24.5 Å². The van der Waals surface area contributed by atoms with Crippen LogP contribution in [-0.2, 0) is 9.84 Å². The van der Waals surface area contributed by atoms with Crippen LogP contribution in [0.2, 0.25) is 19.6 Å². The Kier molecular flexibility index (Phi) is 8.17. The summed E-state index contributed by atoms with van der Waals surface area (Å²) in [7, 11) is -4.90. The van der Waals surface area contributed by atoms with Crippen LogP contribution in [0.4, 0.5) is 0 Å². The van der Waals surface area contributed by atoms with E-state index < -0.39 is 17.9 Å². The summed E-state index contributed by atoms with van der Waals surface area (Å²) in [6.07, 6.45) is 7.73. The molecule has 1 aromatic carbocycles. The van der Waals surface area contributed by atoms with Gasteiger partial charge in [-0.2, -0.15) is 0 Å². The van der Waals surface area contributed by atoms with Crippen molar-refractivity contribution >= 4 is 17.9 Å². The van der Waals surface area contributed by atoms with Gasteiger partial charge < -0.3 is 0 Å². The lowest BCUT2D eigenvalue weighted by Crippen LogP contribution is -2.26. The first-order valence-electron chi connectivity index (χ1n) is 8.85. The molecule has 0 heterocycles. The van der Waals surface area contributed by atoms with E-state index in [1.54, 1.807) is 24.3 Å². The van der Waals surface area contributed by atoms with E-state index in [4.69, 9.17) is 0 Å². The predicted molar refractivity (Wildman–Crippen MR) is 108 cm³/mol. The van der Waals surface area contributed by atoms with E-state index >= 15 is 0 Å². The third kappa shape index (κ3) is 6.77. The van der Waals surface area contributed by atoms with Gasteiger partial charge in [0, 0.05) is 0 Å². The van der Waals surface area contributed by atoms with E-state index in [0.717, 1.165) is 18.4 Å². The third-order valence-electron chi connectivity index (χ3n) is 4.13. The van der Waals surface area contributed by atoms with Crippen molar-refractivity contribution in [3.05, 3.63) is 53.8 Å². The van der Waals surface area contributed by atoms with Crippen LogP contribution >= 0.6 is 0 Å². The fourth-order valence-corrected chi connectivity index (χ4v) is 6.00. The molecule has 134 valence electrons. The van der Waals surface area contributed by atoms with Gasteiger partial charge in [0.15, 0.2) is 9.84 Å². The molecule has 0 N–H and O–H groups in total. The molecule has 0 spiro atoms. The van der Waals surface area contributed by atoms with Crippen molar-refractivity contribution in [3.8, 4) is 0 Å². The molecule has 0 amide bonds. The second kappa shape index (κ2) is 9.38. The molecule has 24 heavy (non-hydrogen) atoms. The zero-order chi connectivity index (χ0) is 18.2. The number of hydrogen-bond donors (Lipinski definition) is 0. The average Bonchev–Trinajstić information content (AvgIpc) is 2.51. The smallest absolute Gasteiger partial charge is 0.181 e. The molecule has 0 aliphatic rings. The van der Waals surface area contributed by atoms with Gasteiger partial charge in [0.1, 0.15) is 0 Å². The number of allylic oxidation sites excluding steroid dienone is 2. The maximum absolute atomic E-state index is 12.5. The number of benzene rings is 1. The maximum Gasteiger partial charge on any atom is 0.181 e. The number of unbranched alkanes of at least 4 members (excludes halogenated alkanes) is 3. The molecule has 0 unspecified atom stereocenters.